The second kappa shape index (κ2) is 8.91. The Bertz CT molecular complexity index is 292. The Hall–Kier alpha value is -1.10. The zero-order chi connectivity index (χ0) is 15.0. The van der Waals surface area contributed by atoms with Gasteiger partial charge in [-0.25, -0.2) is 0 Å². The number of carboxylic acids is 1. The number of nitrogens with one attached hydrogen (secondary N) is 1. The van der Waals surface area contributed by atoms with Gasteiger partial charge in [-0.15, -0.1) is 0 Å². The third kappa shape index (κ3) is 6.57. The number of aliphatic carboxylic acids is 1. The standard InChI is InChI=1S/C14H28N2O3/c1-6-10(2)12(14(18)19)11(3)13(17)15-8-7-9-16(4)5/h10-12H,6-9H2,1-5H3,(H,15,17)(H,18,19)/p-1. The molecule has 0 aliphatic carbocycles. The number of amides is 1. The molecule has 0 aliphatic heterocycles. The molecule has 0 rings (SSSR count). The Labute approximate surface area is 116 Å². The van der Waals surface area contributed by atoms with Crippen molar-refractivity contribution in [3.05, 3.63) is 0 Å². The summed E-state index contributed by atoms with van der Waals surface area (Å²) in [6, 6.07) is 0. The first-order valence-corrected chi connectivity index (χ1v) is 6.94. The molecule has 3 unspecified atom stereocenters. The van der Waals surface area contributed by atoms with Gasteiger partial charge in [-0.3, -0.25) is 4.79 Å². The molecule has 0 spiro atoms. The fourth-order valence-electron chi connectivity index (χ4n) is 2.11. The highest BCUT2D eigenvalue weighted by atomic mass is 16.4. The van der Waals surface area contributed by atoms with Gasteiger partial charge in [0.1, 0.15) is 0 Å². The normalized spacial score (nSPS) is 15.9. The van der Waals surface area contributed by atoms with E-state index in [2.05, 4.69) is 5.32 Å². The first-order chi connectivity index (χ1) is 8.81. The van der Waals surface area contributed by atoms with Gasteiger partial charge in [0.25, 0.3) is 0 Å². The van der Waals surface area contributed by atoms with Gasteiger partial charge < -0.3 is 20.1 Å². The highest BCUT2D eigenvalue weighted by Crippen LogP contribution is 2.23. The zero-order valence-corrected chi connectivity index (χ0v) is 12.7. The second-order valence-electron chi connectivity index (χ2n) is 5.47. The number of carboxylic acid groups (broad SMARTS) is 1. The maximum absolute atomic E-state index is 11.9. The van der Waals surface area contributed by atoms with Crippen LogP contribution in [0, 0.1) is 17.8 Å². The lowest BCUT2D eigenvalue weighted by Gasteiger charge is -2.29. The summed E-state index contributed by atoms with van der Waals surface area (Å²) in [6.45, 7) is 6.89. The van der Waals surface area contributed by atoms with Crippen LogP contribution in [-0.4, -0.2) is 44.0 Å². The van der Waals surface area contributed by atoms with E-state index in [1.165, 1.54) is 0 Å². The minimum atomic E-state index is -1.13. The Morgan fingerprint density at radius 1 is 1.26 bits per heavy atom. The van der Waals surface area contributed by atoms with Crippen molar-refractivity contribution in [2.45, 2.75) is 33.6 Å². The van der Waals surface area contributed by atoms with Crippen LogP contribution in [0.2, 0.25) is 0 Å². The molecule has 0 saturated heterocycles. The number of hydrogen-bond acceptors (Lipinski definition) is 4. The summed E-state index contributed by atoms with van der Waals surface area (Å²) in [7, 11) is 3.94. The van der Waals surface area contributed by atoms with Crippen LogP contribution in [0.15, 0.2) is 0 Å². The lowest BCUT2D eigenvalue weighted by Crippen LogP contribution is -2.45. The predicted octanol–water partition coefficient (Wildman–Crippen LogP) is 0.103. The van der Waals surface area contributed by atoms with E-state index >= 15 is 0 Å². The van der Waals surface area contributed by atoms with Gasteiger partial charge in [0.2, 0.25) is 5.91 Å². The third-order valence-corrected chi connectivity index (χ3v) is 3.56. The highest BCUT2D eigenvalue weighted by molar-refractivity contribution is 5.83. The SMILES string of the molecule is CCC(C)C(C(=O)[O-])C(C)C(=O)NCCCN(C)C. The fraction of sp³-hybridized carbons (Fsp3) is 0.857. The average molecular weight is 271 g/mol. The summed E-state index contributed by atoms with van der Waals surface area (Å²) in [5.41, 5.74) is 0. The Kier molecular flexibility index (Phi) is 8.39. The third-order valence-electron chi connectivity index (χ3n) is 3.56. The zero-order valence-electron chi connectivity index (χ0n) is 12.7. The fourth-order valence-corrected chi connectivity index (χ4v) is 2.11. The summed E-state index contributed by atoms with van der Waals surface area (Å²) in [6.07, 6.45) is 1.57. The van der Waals surface area contributed by atoms with Crippen LogP contribution in [-0.2, 0) is 9.59 Å². The smallest absolute Gasteiger partial charge is 0.223 e. The van der Waals surface area contributed by atoms with Gasteiger partial charge in [0, 0.05) is 24.3 Å². The summed E-state index contributed by atoms with van der Waals surface area (Å²) in [4.78, 5) is 25.1. The molecule has 0 saturated carbocycles. The molecule has 5 nitrogen and oxygen atoms in total. The van der Waals surface area contributed by atoms with Crippen LogP contribution in [0.4, 0.5) is 0 Å². The number of carbonyl (C=O) groups is 2. The number of hydrogen-bond donors (Lipinski definition) is 1. The monoisotopic (exact) mass is 271 g/mol. The summed E-state index contributed by atoms with van der Waals surface area (Å²) >= 11 is 0. The molecule has 0 aliphatic rings. The van der Waals surface area contributed by atoms with Gasteiger partial charge in [-0.05, 0) is 33.0 Å². The van der Waals surface area contributed by atoms with E-state index in [9.17, 15) is 14.7 Å². The molecule has 1 N–H and O–H groups in total. The number of carbonyl (C=O) groups excluding carboxylic acids is 2. The van der Waals surface area contributed by atoms with Crippen LogP contribution >= 0.6 is 0 Å². The lowest BCUT2D eigenvalue weighted by atomic mass is 9.81. The minimum absolute atomic E-state index is 0.0625. The van der Waals surface area contributed by atoms with Gasteiger partial charge in [-0.2, -0.15) is 0 Å². The van der Waals surface area contributed by atoms with Crippen molar-refractivity contribution in [2.24, 2.45) is 17.8 Å². The minimum Gasteiger partial charge on any atom is -0.550 e. The Morgan fingerprint density at radius 2 is 1.84 bits per heavy atom. The topological polar surface area (TPSA) is 72.5 Å². The van der Waals surface area contributed by atoms with Gasteiger partial charge in [0.05, 0.1) is 0 Å². The molecule has 0 radical (unpaired) electrons. The van der Waals surface area contributed by atoms with E-state index in [-0.39, 0.29) is 11.8 Å². The van der Waals surface area contributed by atoms with Crippen molar-refractivity contribution in [1.82, 2.24) is 10.2 Å². The molecular weight excluding hydrogens is 244 g/mol. The molecule has 0 aromatic rings. The maximum Gasteiger partial charge on any atom is 0.223 e. The number of rotatable bonds is 9. The van der Waals surface area contributed by atoms with Crippen molar-refractivity contribution in [3.8, 4) is 0 Å². The van der Waals surface area contributed by atoms with Gasteiger partial charge >= 0.3 is 0 Å². The first-order valence-electron chi connectivity index (χ1n) is 6.94. The van der Waals surface area contributed by atoms with Crippen molar-refractivity contribution < 1.29 is 14.7 Å². The predicted molar refractivity (Wildman–Crippen MR) is 73.3 cm³/mol. The van der Waals surface area contributed by atoms with Gasteiger partial charge in [-0.1, -0.05) is 27.2 Å². The summed E-state index contributed by atoms with van der Waals surface area (Å²) in [5.74, 6) is -2.68. The van der Waals surface area contributed by atoms with E-state index in [4.69, 9.17) is 0 Å². The maximum atomic E-state index is 11.9. The van der Waals surface area contributed by atoms with Crippen LogP contribution in [0.25, 0.3) is 0 Å². The van der Waals surface area contributed by atoms with Crippen LogP contribution < -0.4 is 10.4 Å². The molecule has 0 fully saturated rings. The summed E-state index contributed by atoms with van der Waals surface area (Å²) in [5, 5.41) is 14.0. The average Bonchev–Trinajstić information content (AvgIpc) is 2.33. The van der Waals surface area contributed by atoms with Crippen LogP contribution in [0.3, 0.4) is 0 Å². The van der Waals surface area contributed by atoms with E-state index in [0.717, 1.165) is 19.4 Å². The first kappa shape index (κ1) is 17.9. The Morgan fingerprint density at radius 3 is 2.26 bits per heavy atom. The molecule has 3 atom stereocenters. The summed E-state index contributed by atoms with van der Waals surface area (Å²) < 4.78 is 0. The lowest BCUT2D eigenvalue weighted by molar-refractivity contribution is -0.314. The molecule has 19 heavy (non-hydrogen) atoms. The van der Waals surface area contributed by atoms with E-state index in [1.807, 2.05) is 32.8 Å². The molecule has 0 bridgehead atoms. The largest absolute Gasteiger partial charge is 0.550 e. The molecule has 1 amide bonds. The Balaban J connectivity index is 4.31. The van der Waals surface area contributed by atoms with E-state index in [1.54, 1.807) is 6.92 Å². The quantitative estimate of drug-likeness (QED) is 0.604. The molecule has 0 heterocycles. The van der Waals surface area contributed by atoms with Crippen molar-refractivity contribution in [1.29, 1.82) is 0 Å². The van der Waals surface area contributed by atoms with Crippen molar-refractivity contribution in [2.75, 3.05) is 27.2 Å². The van der Waals surface area contributed by atoms with Crippen LogP contribution in [0.5, 0.6) is 0 Å². The molecule has 0 aromatic heterocycles. The van der Waals surface area contributed by atoms with E-state index in [0.29, 0.717) is 6.54 Å². The molecule has 0 aromatic carbocycles. The van der Waals surface area contributed by atoms with E-state index < -0.39 is 17.8 Å². The highest BCUT2D eigenvalue weighted by Gasteiger charge is 2.28. The second-order valence-corrected chi connectivity index (χ2v) is 5.47. The number of nitrogens with zero attached hydrogens (tertiary/aromatic N) is 1. The van der Waals surface area contributed by atoms with Gasteiger partial charge in [0.15, 0.2) is 0 Å². The molecule has 5 heteroatoms. The van der Waals surface area contributed by atoms with Crippen LogP contribution in [0.1, 0.15) is 33.6 Å². The molecule has 112 valence electrons. The molecular formula is C14H27N2O3-. The van der Waals surface area contributed by atoms with Crippen molar-refractivity contribution in [3.63, 3.8) is 0 Å². The van der Waals surface area contributed by atoms with Crippen molar-refractivity contribution >= 4 is 11.9 Å².